The maximum absolute atomic E-state index is 14.9. The van der Waals surface area contributed by atoms with Gasteiger partial charge in [0, 0.05) is 0 Å². The Balaban J connectivity index is 1.73. The molecule has 0 amide bonds. The van der Waals surface area contributed by atoms with Gasteiger partial charge in [-0.15, -0.1) is 0 Å². The van der Waals surface area contributed by atoms with Gasteiger partial charge in [-0.05, 0) is 60.5 Å². The van der Waals surface area contributed by atoms with Crippen LogP contribution in [0.1, 0.15) is 88.3 Å². The minimum Gasteiger partial charge on any atom is -0.206 e. The molecule has 0 nitrogen and oxygen atoms in total. The van der Waals surface area contributed by atoms with Gasteiger partial charge in [-0.3, -0.25) is 0 Å². The molecule has 0 unspecified atom stereocenters. The van der Waals surface area contributed by atoms with Gasteiger partial charge in [0.1, 0.15) is 5.82 Å². The maximum Gasteiger partial charge on any atom is 0.419 e. The molecule has 4 heteroatoms. The topological polar surface area (TPSA) is 0 Å². The molecule has 3 rings (SSSR count). The van der Waals surface area contributed by atoms with Crippen molar-refractivity contribution in [3.05, 3.63) is 40.7 Å². The Kier molecular flexibility index (Phi) is 7.45. The van der Waals surface area contributed by atoms with Gasteiger partial charge >= 0.3 is 6.18 Å². The number of halogens is 4. The second-order valence-corrected chi connectivity index (χ2v) is 9.54. The Morgan fingerprint density at radius 2 is 1.48 bits per heavy atom. The van der Waals surface area contributed by atoms with E-state index in [0.29, 0.717) is 24.2 Å². The average Bonchev–Trinajstić information content (AvgIpc) is 2.67. The van der Waals surface area contributed by atoms with Crippen molar-refractivity contribution in [3.63, 3.8) is 0 Å². The second-order valence-electron chi connectivity index (χ2n) is 9.54. The van der Waals surface area contributed by atoms with Crippen LogP contribution < -0.4 is 0 Å². The SMILES string of the molecule is CC1CCC(/C=C/c2ccc(CCC3CCC(C)CC3)c(F)c2C(F)(F)F)CC1. The molecule has 2 aliphatic carbocycles. The molecule has 0 N–H and O–H groups in total. The molecule has 2 aliphatic rings. The lowest BCUT2D eigenvalue weighted by Crippen LogP contribution is -2.15. The number of allylic oxidation sites excluding steroid dienone is 1. The van der Waals surface area contributed by atoms with Crippen molar-refractivity contribution in [2.24, 2.45) is 23.7 Å². The van der Waals surface area contributed by atoms with E-state index in [0.717, 1.165) is 50.9 Å². The fourth-order valence-corrected chi connectivity index (χ4v) is 4.95. The van der Waals surface area contributed by atoms with Gasteiger partial charge in [0.25, 0.3) is 0 Å². The van der Waals surface area contributed by atoms with Gasteiger partial charge < -0.3 is 0 Å². The van der Waals surface area contributed by atoms with Crippen LogP contribution in [0.4, 0.5) is 17.6 Å². The highest BCUT2D eigenvalue weighted by atomic mass is 19.4. The molecule has 0 radical (unpaired) electrons. The Morgan fingerprint density at radius 3 is 2.07 bits per heavy atom. The first kappa shape index (κ1) is 22.4. The Hall–Kier alpha value is -1.32. The van der Waals surface area contributed by atoms with Crippen molar-refractivity contribution in [2.45, 2.75) is 84.2 Å². The van der Waals surface area contributed by atoms with Crippen LogP contribution in [0.2, 0.25) is 0 Å². The van der Waals surface area contributed by atoms with Crippen molar-refractivity contribution in [2.75, 3.05) is 0 Å². The molecule has 2 saturated carbocycles. The zero-order chi connectivity index (χ0) is 21.0. The van der Waals surface area contributed by atoms with Gasteiger partial charge in [0.2, 0.25) is 0 Å². The van der Waals surface area contributed by atoms with Crippen molar-refractivity contribution < 1.29 is 17.6 Å². The summed E-state index contributed by atoms with van der Waals surface area (Å²) in [5.74, 6) is 1.16. The number of alkyl halides is 3. The van der Waals surface area contributed by atoms with E-state index in [1.807, 2.05) is 6.08 Å². The van der Waals surface area contributed by atoms with Crippen LogP contribution in [0.3, 0.4) is 0 Å². The van der Waals surface area contributed by atoms with E-state index in [1.165, 1.54) is 25.0 Å². The van der Waals surface area contributed by atoms with Crippen LogP contribution in [0.5, 0.6) is 0 Å². The fraction of sp³-hybridized carbons (Fsp3) is 0.680. The van der Waals surface area contributed by atoms with Crippen molar-refractivity contribution in [1.29, 1.82) is 0 Å². The third-order valence-corrected chi connectivity index (χ3v) is 7.10. The van der Waals surface area contributed by atoms with Crippen molar-refractivity contribution >= 4 is 6.08 Å². The van der Waals surface area contributed by atoms with Crippen molar-refractivity contribution in [1.82, 2.24) is 0 Å². The predicted octanol–water partition coefficient (Wildman–Crippen LogP) is 8.44. The zero-order valence-electron chi connectivity index (χ0n) is 17.7. The molecule has 0 atom stereocenters. The zero-order valence-corrected chi connectivity index (χ0v) is 17.7. The van der Waals surface area contributed by atoms with Crippen LogP contribution in [-0.4, -0.2) is 0 Å². The lowest BCUT2D eigenvalue weighted by atomic mass is 9.80. The van der Waals surface area contributed by atoms with E-state index < -0.39 is 17.6 Å². The van der Waals surface area contributed by atoms with E-state index >= 15 is 0 Å². The lowest BCUT2D eigenvalue weighted by Gasteiger charge is -2.26. The molecule has 0 saturated heterocycles. The van der Waals surface area contributed by atoms with Gasteiger partial charge in [-0.1, -0.05) is 76.7 Å². The van der Waals surface area contributed by atoms with Gasteiger partial charge in [0.15, 0.2) is 0 Å². The summed E-state index contributed by atoms with van der Waals surface area (Å²) < 4.78 is 55.9. The highest BCUT2D eigenvalue weighted by Gasteiger charge is 2.37. The lowest BCUT2D eigenvalue weighted by molar-refractivity contribution is -0.140. The molecule has 1 aromatic rings. The monoisotopic (exact) mass is 410 g/mol. The summed E-state index contributed by atoms with van der Waals surface area (Å²) in [6.07, 6.45) is 8.61. The minimum absolute atomic E-state index is 0.0381. The largest absolute Gasteiger partial charge is 0.419 e. The van der Waals surface area contributed by atoms with E-state index in [-0.39, 0.29) is 11.1 Å². The smallest absolute Gasteiger partial charge is 0.206 e. The first-order valence-electron chi connectivity index (χ1n) is 11.3. The normalized spacial score (nSPS) is 28.8. The van der Waals surface area contributed by atoms with Gasteiger partial charge in [-0.2, -0.15) is 13.2 Å². The van der Waals surface area contributed by atoms with Gasteiger partial charge in [-0.25, -0.2) is 4.39 Å². The number of hydrogen-bond acceptors (Lipinski definition) is 0. The van der Waals surface area contributed by atoms with E-state index in [9.17, 15) is 17.6 Å². The molecule has 0 heterocycles. The number of hydrogen-bond donors (Lipinski definition) is 0. The number of rotatable bonds is 5. The molecule has 29 heavy (non-hydrogen) atoms. The van der Waals surface area contributed by atoms with Crippen molar-refractivity contribution in [3.8, 4) is 0 Å². The summed E-state index contributed by atoms with van der Waals surface area (Å²) >= 11 is 0. The van der Waals surface area contributed by atoms with Crippen LogP contribution in [0.25, 0.3) is 6.08 Å². The summed E-state index contributed by atoms with van der Waals surface area (Å²) in [6, 6.07) is 3.03. The molecule has 0 aliphatic heterocycles. The molecule has 0 bridgehead atoms. The average molecular weight is 411 g/mol. The predicted molar refractivity (Wildman–Crippen MR) is 111 cm³/mol. The number of aryl methyl sites for hydroxylation is 1. The summed E-state index contributed by atoms with van der Waals surface area (Å²) in [5, 5.41) is 0. The standard InChI is InChI=1S/C25H34F4/c1-17-3-7-19(8-4-17)11-13-21-15-16-22(24(26)23(21)25(27,28)29)14-12-20-9-5-18(2)6-10-20/h11,13,15-20H,3-10,12,14H2,1-2H3/b13-11+. The first-order chi connectivity index (χ1) is 13.7. The summed E-state index contributed by atoms with van der Waals surface area (Å²) in [5.41, 5.74) is -0.920. The van der Waals surface area contributed by atoms with Gasteiger partial charge in [0.05, 0.1) is 5.56 Å². The minimum atomic E-state index is -4.68. The molecular weight excluding hydrogens is 376 g/mol. The Labute approximate surface area is 172 Å². The Morgan fingerprint density at radius 1 is 0.897 bits per heavy atom. The number of benzene rings is 1. The van der Waals surface area contributed by atoms with Crippen LogP contribution >= 0.6 is 0 Å². The molecule has 0 spiro atoms. The third kappa shape index (κ3) is 6.08. The molecule has 2 fully saturated rings. The molecule has 0 aromatic heterocycles. The first-order valence-corrected chi connectivity index (χ1v) is 11.3. The van der Waals surface area contributed by atoms with Crippen LogP contribution in [-0.2, 0) is 12.6 Å². The summed E-state index contributed by atoms with van der Waals surface area (Å²) in [4.78, 5) is 0. The molecule has 1 aromatic carbocycles. The highest BCUT2D eigenvalue weighted by Crippen LogP contribution is 2.38. The third-order valence-electron chi connectivity index (χ3n) is 7.10. The van der Waals surface area contributed by atoms with Crippen LogP contribution in [0.15, 0.2) is 18.2 Å². The summed E-state index contributed by atoms with van der Waals surface area (Å²) in [6.45, 7) is 4.45. The highest BCUT2D eigenvalue weighted by molar-refractivity contribution is 5.56. The maximum atomic E-state index is 14.9. The molecular formula is C25H34F4. The van der Waals surface area contributed by atoms with E-state index in [4.69, 9.17) is 0 Å². The van der Waals surface area contributed by atoms with E-state index in [2.05, 4.69) is 13.8 Å². The second kappa shape index (κ2) is 9.66. The van der Waals surface area contributed by atoms with E-state index in [1.54, 1.807) is 6.07 Å². The fourth-order valence-electron chi connectivity index (χ4n) is 4.95. The molecule has 162 valence electrons. The summed E-state index contributed by atoms with van der Waals surface area (Å²) in [7, 11) is 0. The quantitative estimate of drug-likeness (QED) is 0.427. The van der Waals surface area contributed by atoms with Crippen LogP contribution in [0, 0.1) is 29.5 Å². The Bertz CT molecular complexity index is 688.